The summed E-state index contributed by atoms with van der Waals surface area (Å²) >= 11 is 3.00. The molecule has 0 aliphatic heterocycles. The molecule has 20 heavy (non-hydrogen) atoms. The molecule has 4 heteroatoms. The Labute approximate surface area is 126 Å². The summed E-state index contributed by atoms with van der Waals surface area (Å²) in [6, 6.07) is 9.85. The molecule has 0 saturated heterocycles. The van der Waals surface area contributed by atoms with Crippen LogP contribution in [-0.4, -0.2) is 6.54 Å². The molecule has 0 spiro atoms. The Morgan fingerprint density at radius 1 is 1.15 bits per heavy atom. The van der Waals surface area contributed by atoms with E-state index in [1.807, 2.05) is 38.1 Å². The number of hydrogen-bond acceptors (Lipinski definition) is 1. The fourth-order valence-electron chi connectivity index (χ4n) is 2.22. The summed E-state index contributed by atoms with van der Waals surface area (Å²) in [6.07, 6.45) is 0. The highest BCUT2D eigenvalue weighted by Gasteiger charge is 2.19. The molecule has 0 heterocycles. The topological polar surface area (TPSA) is 12.0 Å². The van der Waals surface area contributed by atoms with Crippen LogP contribution >= 0.6 is 15.9 Å². The maximum absolute atomic E-state index is 14.2. The molecular formula is C16H16BrF2N. The van der Waals surface area contributed by atoms with Gasteiger partial charge in [0, 0.05) is 5.56 Å². The highest BCUT2D eigenvalue weighted by molar-refractivity contribution is 9.10. The molecule has 1 atom stereocenters. The zero-order valence-electron chi connectivity index (χ0n) is 11.4. The lowest BCUT2D eigenvalue weighted by Gasteiger charge is -2.20. The fourth-order valence-corrected chi connectivity index (χ4v) is 2.54. The minimum absolute atomic E-state index is 0.137. The fraction of sp³-hybridized carbons (Fsp3) is 0.250. The van der Waals surface area contributed by atoms with E-state index < -0.39 is 11.6 Å². The Morgan fingerprint density at radius 2 is 1.90 bits per heavy atom. The molecule has 0 radical (unpaired) electrons. The van der Waals surface area contributed by atoms with Crippen LogP contribution in [0.15, 0.2) is 40.9 Å². The van der Waals surface area contributed by atoms with E-state index in [0.717, 1.165) is 11.1 Å². The van der Waals surface area contributed by atoms with E-state index in [1.54, 1.807) is 0 Å². The van der Waals surface area contributed by atoms with Crippen LogP contribution in [0.2, 0.25) is 0 Å². The number of benzene rings is 2. The molecule has 0 aliphatic carbocycles. The van der Waals surface area contributed by atoms with Crippen molar-refractivity contribution in [2.24, 2.45) is 0 Å². The van der Waals surface area contributed by atoms with Gasteiger partial charge in [0.25, 0.3) is 0 Å². The second-order valence-electron chi connectivity index (χ2n) is 4.69. The van der Waals surface area contributed by atoms with Crippen molar-refractivity contribution in [3.63, 3.8) is 0 Å². The number of halogens is 3. The van der Waals surface area contributed by atoms with Crippen LogP contribution in [0.25, 0.3) is 0 Å². The quantitative estimate of drug-likeness (QED) is 0.793. The van der Waals surface area contributed by atoms with Gasteiger partial charge in [0.2, 0.25) is 0 Å². The summed E-state index contributed by atoms with van der Waals surface area (Å²) in [4.78, 5) is 0. The van der Waals surface area contributed by atoms with Gasteiger partial charge in [-0.15, -0.1) is 0 Å². The number of aryl methyl sites for hydroxylation is 1. The second kappa shape index (κ2) is 6.46. The molecule has 2 rings (SSSR count). The van der Waals surface area contributed by atoms with Crippen LogP contribution in [0.5, 0.6) is 0 Å². The van der Waals surface area contributed by atoms with Crippen molar-refractivity contribution in [2.45, 2.75) is 19.9 Å². The van der Waals surface area contributed by atoms with E-state index in [2.05, 4.69) is 21.2 Å². The van der Waals surface area contributed by atoms with Gasteiger partial charge in [0.15, 0.2) is 0 Å². The Morgan fingerprint density at radius 3 is 2.55 bits per heavy atom. The van der Waals surface area contributed by atoms with Crippen molar-refractivity contribution in [1.29, 1.82) is 0 Å². The first kappa shape index (κ1) is 15.1. The van der Waals surface area contributed by atoms with Gasteiger partial charge >= 0.3 is 0 Å². The molecule has 0 amide bonds. The van der Waals surface area contributed by atoms with E-state index >= 15 is 0 Å². The number of rotatable bonds is 4. The standard InChI is InChI=1S/C16H16BrF2N/c1-3-20-16(11-6-4-5-10(2)7-11)12-8-15(19)13(17)9-14(12)18/h4-9,16,20H,3H2,1-2H3. The molecule has 106 valence electrons. The molecule has 1 unspecified atom stereocenters. The van der Waals surface area contributed by atoms with Gasteiger partial charge in [0.05, 0.1) is 10.5 Å². The second-order valence-corrected chi connectivity index (χ2v) is 5.55. The molecular weight excluding hydrogens is 324 g/mol. The zero-order valence-corrected chi connectivity index (χ0v) is 13.0. The molecule has 0 bridgehead atoms. The maximum Gasteiger partial charge on any atom is 0.137 e. The first-order valence-electron chi connectivity index (χ1n) is 6.47. The number of nitrogens with one attached hydrogen (secondary N) is 1. The molecule has 0 aliphatic rings. The maximum atomic E-state index is 14.2. The van der Waals surface area contributed by atoms with Crippen molar-refractivity contribution in [3.05, 3.63) is 69.2 Å². The van der Waals surface area contributed by atoms with Gasteiger partial charge in [-0.25, -0.2) is 8.78 Å². The lowest BCUT2D eigenvalue weighted by Crippen LogP contribution is -2.23. The van der Waals surface area contributed by atoms with Crippen LogP contribution in [0.4, 0.5) is 8.78 Å². The predicted molar refractivity (Wildman–Crippen MR) is 80.8 cm³/mol. The lowest BCUT2D eigenvalue weighted by atomic mass is 9.96. The van der Waals surface area contributed by atoms with E-state index in [-0.39, 0.29) is 10.5 Å². The summed E-state index contributed by atoms with van der Waals surface area (Å²) in [5.41, 5.74) is 2.33. The summed E-state index contributed by atoms with van der Waals surface area (Å²) in [5.74, 6) is -0.886. The van der Waals surface area contributed by atoms with Crippen molar-refractivity contribution in [1.82, 2.24) is 5.32 Å². The summed E-state index contributed by atoms with van der Waals surface area (Å²) in [5, 5.41) is 3.21. The van der Waals surface area contributed by atoms with Crippen LogP contribution in [0, 0.1) is 18.6 Å². The summed E-state index contributed by atoms with van der Waals surface area (Å²) in [7, 11) is 0. The molecule has 0 fully saturated rings. The van der Waals surface area contributed by atoms with Crippen molar-refractivity contribution in [2.75, 3.05) is 6.54 Å². The van der Waals surface area contributed by atoms with Crippen molar-refractivity contribution < 1.29 is 8.78 Å². The van der Waals surface area contributed by atoms with Crippen LogP contribution < -0.4 is 5.32 Å². The first-order valence-corrected chi connectivity index (χ1v) is 7.26. The third-order valence-corrected chi connectivity index (χ3v) is 3.74. The van der Waals surface area contributed by atoms with E-state index in [0.29, 0.717) is 12.1 Å². The molecule has 1 nitrogen and oxygen atoms in total. The van der Waals surface area contributed by atoms with E-state index in [1.165, 1.54) is 12.1 Å². The third kappa shape index (κ3) is 3.25. The Kier molecular flexibility index (Phi) is 4.89. The van der Waals surface area contributed by atoms with Gasteiger partial charge in [-0.2, -0.15) is 0 Å². The Balaban J connectivity index is 2.51. The van der Waals surface area contributed by atoms with Gasteiger partial charge in [-0.1, -0.05) is 36.8 Å². The SMILES string of the molecule is CCNC(c1cccc(C)c1)c1cc(F)c(Br)cc1F. The van der Waals surface area contributed by atoms with E-state index in [9.17, 15) is 8.78 Å². The van der Waals surface area contributed by atoms with Gasteiger partial charge in [-0.3, -0.25) is 0 Å². The molecule has 0 saturated carbocycles. The predicted octanol–water partition coefficient (Wildman–Crippen LogP) is 4.73. The highest BCUT2D eigenvalue weighted by atomic mass is 79.9. The van der Waals surface area contributed by atoms with Gasteiger partial charge in [0.1, 0.15) is 11.6 Å². The Hall–Kier alpha value is -1.26. The van der Waals surface area contributed by atoms with Crippen molar-refractivity contribution >= 4 is 15.9 Å². The molecule has 2 aromatic rings. The van der Waals surface area contributed by atoms with Crippen molar-refractivity contribution in [3.8, 4) is 0 Å². The number of hydrogen-bond donors (Lipinski definition) is 1. The van der Waals surface area contributed by atoms with E-state index in [4.69, 9.17) is 0 Å². The van der Waals surface area contributed by atoms with Gasteiger partial charge in [-0.05, 0) is 47.1 Å². The monoisotopic (exact) mass is 339 g/mol. The minimum Gasteiger partial charge on any atom is -0.306 e. The van der Waals surface area contributed by atoms with Crippen LogP contribution in [0.3, 0.4) is 0 Å². The first-order chi connectivity index (χ1) is 9.52. The normalized spacial score (nSPS) is 12.4. The molecule has 2 aromatic carbocycles. The van der Waals surface area contributed by atoms with Crippen LogP contribution in [-0.2, 0) is 0 Å². The average Bonchev–Trinajstić information content (AvgIpc) is 2.40. The minimum atomic E-state index is -0.461. The smallest absolute Gasteiger partial charge is 0.137 e. The largest absolute Gasteiger partial charge is 0.306 e. The highest BCUT2D eigenvalue weighted by Crippen LogP contribution is 2.28. The summed E-state index contributed by atoms with van der Waals surface area (Å²) in [6.45, 7) is 4.58. The lowest BCUT2D eigenvalue weighted by molar-refractivity contribution is 0.542. The molecule has 0 aromatic heterocycles. The molecule has 1 N–H and O–H groups in total. The Bertz CT molecular complexity index is 613. The van der Waals surface area contributed by atoms with Gasteiger partial charge < -0.3 is 5.32 Å². The average molecular weight is 340 g/mol. The summed E-state index contributed by atoms with van der Waals surface area (Å²) < 4.78 is 28.0. The zero-order chi connectivity index (χ0) is 14.7. The van der Waals surface area contributed by atoms with Crippen LogP contribution in [0.1, 0.15) is 29.7 Å². The third-order valence-electron chi connectivity index (χ3n) is 3.13.